The van der Waals surface area contributed by atoms with Crippen molar-refractivity contribution in [3.63, 3.8) is 0 Å². The van der Waals surface area contributed by atoms with Crippen LogP contribution in [0.25, 0.3) is 0 Å². The van der Waals surface area contributed by atoms with Crippen molar-refractivity contribution in [1.29, 1.82) is 5.26 Å². The standard InChI is InChI=1S/C13H15NO5/c1-17-12(16)9-5-8-7(6-14)4-10(9)13(18-2,19-3)11(8)15/h5,7-8,10H,4H2,1-3H3/t7-,8-,10+/m0/s1. The zero-order valence-electron chi connectivity index (χ0n) is 11.0. The third-order valence-corrected chi connectivity index (χ3v) is 3.96. The van der Waals surface area contributed by atoms with Crippen LogP contribution in [0.15, 0.2) is 11.6 Å². The predicted octanol–water partition coefficient (Wildman–Crippen LogP) is 0.433. The van der Waals surface area contributed by atoms with Gasteiger partial charge in [-0.25, -0.2) is 4.79 Å². The normalized spacial score (nSPS) is 31.6. The third-order valence-electron chi connectivity index (χ3n) is 3.96. The number of nitriles is 1. The van der Waals surface area contributed by atoms with E-state index in [2.05, 4.69) is 6.07 Å². The molecule has 0 aliphatic heterocycles. The lowest BCUT2D eigenvalue weighted by Gasteiger charge is -2.48. The van der Waals surface area contributed by atoms with Crippen molar-refractivity contribution in [2.45, 2.75) is 12.2 Å². The summed E-state index contributed by atoms with van der Waals surface area (Å²) in [6.45, 7) is 0. The number of esters is 1. The van der Waals surface area contributed by atoms with Crippen LogP contribution >= 0.6 is 0 Å². The number of ketones is 1. The van der Waals surface area contributed by atoms with Crippen molar-refractivity contribution in [3.8, 4) is 6.07 Å². The Morgan fingerprint density at radius 1 is 1.42 bits per heavy atom. The lowest BCUT2D eigenvalue weighted by atomic mass is 9.62. The largest absolute Gasteiger partial charge is 0.466 e. The molecule has 0 radical (unpaired) electrons. The molecule has 0 saturated heterocycles. The van der Waals surface area contributed by atoms with E-state index in [9.17, 15) is 9.59 Å². The van der Waals surface area contributed by atoms with Crippen LogP contribution in [0.2, 0.25) is 0 Å². The van der Waals surface area contributed by atoms with E-state index in [0.29, 0.717) is 12.0 Å². The van der Waals surface area contributed by atoms with Crippen molar-refractivity contribution in [1.82, 2.24) is 0 Å². The maximum atomic E-state index is 12.4. The second kappa shape index (κ2) is 4.76. The van der Waals surface area contributed by atoms with E-state index in [0.717, 1.165) is 0 Å². The zero-order valence-corrected chi connectivity index (χ0v) is 11.0. The van der Waals surface area contributed by atoms with Gasteiger partial charge in [0.15, 0.2) is 0 Å². The van der Waals surface area contributed by atoms with Gasteiger partial charge in [-0.2, -0.15) is 5.26 Å². The van der Waals surface area contributed by atoms with Gasteiger partial charge in [0, 0.05) is 19.8 Å². The molecule has 0 unspecified atom stereocenters. The molecule has 0 amide bonds. The second-order valence-corrected chi connectivity index (χ2v) is 4.60. The van der Waals surface area contributed by atoms with Gasteiger partial charge >= 0.3 is 5.97 Å². The summed E-state index contributed by atoms with van der Waals surface area (Å²) in [5, 5.41) is 9.10. The number of hydrogen-bond donors (Lipinski definition) is 0. The van der Waals surface area contributed by atoms with Crippen LogP contribution < -0.4 is 0 Å². The van der Waals surface area contributed by atoms with Gasteiger partial charge in [-0.15, -0.1) is 0 Å². The van der Waals surface area contributed by atoms with Crippen molar-refractivity contribution < 1.29 is 23.8 Å². The molecule has 0 aromatic rings. The smallest absolute Gasteiger partial charge is 0.333 e. The molecule has 1 fully saturated rings. The molecule has 1 saturated carbocycles. The average Bonchev–Trinajstić information content (AvgIpc) is 2.47. The number of methoxy groups -OCH3 is 3. The Balaban J connectivity index is 2.53. The van der Waals surface area contributed by atoms with Crippen LogP contribution in [0, 0.1) is 29.1 Å². The van der Waals surface area contributed by atoms with E-state index in [4.69, 9.17) is 19.5 Å². The van der Waals surface area contributed by atoms with Crippen LogP contribution in [0.1, 0.15) is 6.42 Å². The van der Waals surface area contributed by atoms with Crippen LogP contribution in [0.5, 0.6) is 0 Å². The molecule has 2 bridgehead atoms. The molecular formula is C13H15NO5. The van der Waals surface area contributed by atoms with Gasteiger partial charge in [0.05, 0.1) is 30.9 Å². The Morgan fingerprint density at radius 2 is 2.05 bits per heavy atom. The number of fused-ring (bicyclic) bond motifs is 2. The summed E-state index contributed by atoms with van der Waals surface area (Å²) >= 11 is 0. The fourth-order valence-corrected chi connectivity index (χ4v) is 3.01. The monoisotopic (exact) mass is 265 g/mol. The van der Waals surface area contributed by atoms with E-state index in [1.54, 1.807) is 0 Å². The molecule has 102 valence electrons. The lowest BCUT2D eigenvalue weighted by molar-refractivity contribution is -0.240. The molecule has 3 rings (SSSR count). The summed E-state index contributed by atoms with van der Waals surface area (Å²) in [6.07, 6.45) is 1.86. The number of carbonyl (C=O) groups is 2. The Hall–Kier alpha value is -1.71. The van der Waals surface area contributed by atoms with Crippen LogP contribution in [-0.2, 0) is 23.8 Å². The molecule has 0 N–H and O–H groups in total. The number of rotatable bonds is 3. The SMILES string of the molecule is COC(=O)C1=C[C@@H]2C(=O)C(OC)(OC)[C@@H]1C[C@H]2C#N. The topological polar surface area (TPSA) is 85.6 Å². The van der Waals surface area contributed by atoms with Crippen LogP contribution in [0.3, 0.4) is 0 Å². The fraction of sp³-hybridized carbons (Fsp3) is 0.615. The van der Waals surface area contributed by atoms with Gasteiger partial charge in [0.1, 0.15) is 0 Å². The molecule has 19 heavy (non-hydrogen) atoms. The molecule has 6 heteroatoms. The number of Topliss-reactive ketones (excluding diaryl/α,β-unsaturated/α-hetero) is 1. The molecule has 3 aliphatic rings. The van der Waals surface area contributed by atoms with Gasteiger partial charge in [0.2, 0.25) is 11.6 Å². The quantitative estimate of drug-likeness (QED) is 0.543. The van der Waals surface area contributed by atoms with Crippen molar-refractivity contribution in [2.24, 2.45) is 17.8 Å². The van der Waals surface area contributed by atoms with Gasteiger partial charge < -0.3 is 14.2 Å². The molecule has 0 aromatic heterocycles. The first kappa shape index (κ1) is 13.7. The fourth-order valence-electron chi connectivity index (χ4n) is 3.01. The molecular weight excluding hydrogens is 250 g/mol. The third kappa shape index (κ3) is 1.70. The first-order valence-corrected chi connectivity index (χ1v) is 5.90. The van der Waals surface area contributed by atoms with Gasteiger partial charge in [-0.3, -0.25) is 4.79 Å². The molecule has 0 aromatic carbocycles. The number of ether oxygens (including phenoxy) is 3. The Kier molecular flexibility index (Phi) is 3.43. The van der Waals surface area contributed by atoms with E-state index >= 15 is 0 Å². The van der Waals surface area contributed by atoms with Crippen molar-refractivity contribution in [3.05, 3.63) is 11.6 Å². The Morgan fingerprint density at radius 3 is 2.53 bits per heavy atom. The number of nitrogens with zero attached hydrogens (tertiary/aromatic N) is 1. The maximum Gasteiger partial charge on any atom is 0.333 e. The Labute approximate surface area is 110 Å². The van der Waals surface area contributed by atoms with Crippen LogP contribution in [0.4, 0.5) is 0 Å². The lowest BCUT2D eigenvalue weighted by Crippen LogP contribution is -2.61. The molecule has 0 spiro atoms. The number of carbonyl (C=O) groups excluding carboxylic acids is 2. The summed E-state index contributed by atoms with van der Waals surface area (Å²) < 4.78 is 15.2. The first-order chi connectivity index (χ1) is 9.05. The number of allylic oxidation sites excluding steroid dienone is 1. The Bertz CT molecular complexity index is 486. The molecule has 6 nitrogen and oxygen atoms in total. The average molecular weight is 265 g/mol. The summed E-state index contributed by atoms with van der Waals surface area (Å²) in [7, 11) is 3.99. The van der Waals surface area contributed by atoms with E-state index in [1.807, 2.05) is 0 Å². The van der Waals surface area contributed by atoms with Crippen molar-refractivity contribution >= 4 is 11.8 Å². The minimum atomic E-state index is -1.49. The zero-order chi connectivity index (χ0) is 14.2. The number of hydrogen-bond acceptors (Lipinski definition) is 6. The highest BCUT2D eigenvalue weighted by Crippen LogP contribution is 2.49. The second-order valence-electron chi connectivity index (χ2n) is 4.60. The van der Waals surface area contributed by atoms with E-state index in [1.165, 1.54) is 27.4 Å². The van der Waals surface area contributed by atoms with Crippen LogP contribution in [-0.4, -0.2) is 38.9 Å². The maximum absolute atomic E-state index is 12.4. The van der Waals surface area contributed by atoms with Gasteiger partial charge in [0.25, 0.3) is 0 Å². The van der Waals surface area contributed by atoms with E-state index < -0.39 is 29.5 Å². The summed E-state index contributed by atoms with van der Waals surface area (Å²) in [5.41, 5.74) is 0.349. The highest BCUT2D eigenvalue weighted by atomic mass is 16.7. The van der Waals surface area contributed by atoms with Gasteiger partial charge in [-0.05, 0) is 6.42 Å². The van der Waals surface area contributed by atoms with E-state index in [-0.39, 0.29) is 5.78 Å². The van der Waals surface area contributed by atoms with Gasteiger partial charge in [-0.1, -0.05) is 6.08 Å². The highest BCUT2D eigenvalue weighted by Gasteiger charge is 2.61. The predicted molar refractivity (Wildman–Crippen MR) is 62.6 cm³/mol. The summed E-state index contributed by atoms with van der Waals surface area (Å²) in [4.78, 5) is 24.2. The highest BCUT2D eigenvalue weighted by molar-refractivity contribution is 6.00. The first-order valence-electron chi connectivity index (χ1n) is 5.90. The van der Waals surface area contributed by atoms with Crippen molar-refractivity contribution in [2.75, 3.05) is 21.3 Å². The molecule has 3 aliphatic carbocycles. The summed E-state index contributed by atoms with van der Waals surface area (Å²) in [6, 6.07) is 2.10. The molecule has 0 heterocycles. The minimum absolute atomic E-state index is 0.312. The molecule has 3 atom stereocenters. The summed E-state index contributed by atoms with van der Waals surface area (Å²) in [5.74, 6) is -4.08. The minimum Gasteiger partial charge on any atom is -0.466 e.